The van der Waals surface area contributed by atoms with Crippen LogP contribution < -0.4 is 5.73 Å². The lowest BCUT2D eigenvalue weighted by Gasteiger charge is -2.14. The third kappa shape index (κ3) is 3.40. The molecule has 0 saturated carbocycles. The lowest BCUT2D eigenvalue weighted by molar-refractivity contribution is 0.303. The smallest absolute Gasteiger partial charge is 0.0962 e. The maximum absolute atomic E-state index is 5.47. The van der Waals surface area contributed by atoms with Crippen LogP contribution in [0.5, 0.6) is 0 Å². The molecular weight excluding hydrogens is 218 g/mol. The molecule has 0 aliphatic heterocycles. The number of hydrogen-bond donors (Lipinski definition) is 1. The van der Waals surface area contributed by atoms with Gasteiger partial charge >= 0.3 is 0 Å². The molecule has 0 unspecified atom stereocenters. The molecule has 0 aromatic carbocycles. The predicted molar refractivity (Wildman–Crippen MR) is 63.0 cm³/mol. The van der Waals surface area contributed by atoms with E-state index in [9.17, 15) is 0 Å². The Kier molecular flexibility index (Phi) is 3.89. The van der Waals surface area contributed by atoms with Gasteiger partial charge in [0.2, 0.25) is 0 Å². The van der Waals surface area contributed by atoms with E-state index in [0.29, 0.717) is 6.54 Å². The second-order valence-corrected chi connectivity index (χ2v) is 4.05. The summed E-state index contributed by atoms with van der Waals surface area (Å²) in [6, 6.07) is 1.97. The summed E-state index contributed by atoms with van der Waals surface area (Å²) in [5.74, 6) is 0. The first-order valence-electron chi connectivity index (χ1n) is 5.56. The van der Waals surface area contributed by atoms with Crippen LogP contribution in [0.3, 0.4) is 0 Å². The first-order valence-corrected chi connectivity index (χ1v) is 5.56. The normalized spacial score (nSPS) is 11.2. The second kappa shape index (κ2) is 5.60. The fourth-order valence-corrected chi connectivity index (χ4v) is 1.59. The van der Waals surface area contributed by atoms with Crippen molar-refractivity contribution in [2.75, 3.05) is 13.6 Å². The van der Waals surface area contributed by atoms with Crippen molar-refractivity contribution < 1.29 is 4.42 Å². The van der Waals surface area contributed by atoms with Crippen molar-refractivity contribution in [2.24, 2.45) is 5.73 Å². The molecule has 0 fully saturated rings. The van der Waals surface area contributed by atoms with Gasteiger partial charge in [-0.2, -0.15) is 0 Å². The average Bonchev–Trinajstić information content (AvgIpc) is 2.96. The van der Waals surface area contributed by atoms with E-state index in [2.05, 4.69) is 22.3 Å². The number of nitrogens with zero attached hydrogens (tertiary/aromatic N) is 4. The molecule has 17 heavy (non-hydrogen) atoms. The highest BCUT2D eigenvalue weighted by molar-refractivity contribution is 5.04. The van der Waals surface area contributed by atoms with Gasteiger partial charge in [0.05, 0.1) is 24.8 Å². The third-order valence-electron chi connectivity index (χ3n) is 2.54. The van der Waals surface area contributed by atoms with Crippen molar-refractivity contribution in [1.29, 1.82) is 0 Å². The topological polar surface area (TPSA) is 73.1 Å². The Morgan fingerprint density at radius 1 is 1.53 bits per heavy atom. The molecular formula is C11H17N5O. The van der Waals surface area contributed by atoms with Crippen LogP contribution in [-0.4, -0.2) is 33.5 Å². The molecule has 2 aromatic rings. The minimum Gasteiger partial charge on any atom is -0.472 e. The number of aromatic nitrogens is 3. The Bertz CT molecular complexity index is 436. The first-order chi connectivity index (χ1) is 8.28. The average molecular weight is 235 g/mol. The molecule has 6 heteroatoms. The zero-order chi connectivity index (χ0) is 12.1. The molecule has 0 amide bonds. The van der Waals surface area contributed by atoms with E-state index in [1.54, 1.807) is 12.5 Å². The van der Waals surface area contributed by atoms with E-state index in [1.165, 1.54) is 5.56 Å². The minimum absolute atomic E-state index is 0.435. The van der Waals surface area contributed by atoms with Gasteiger partial charge in [-0.3, -0.25) is 4.68 Å². The van der Waals surface area contributed by atoms with Crippen LogP contribution in [0.4, 0.5) is 0 Å². The quantitative estimate of drug-likeness (QED) is 0.787. The lowest BCUT2D eigenvalue weighted by atomic mass is 10.3. The van der Waals surface area contributed by atoms with Crippen LogP contribution in [0.15, 0.2) is 29.2 Å². The van der Waals surface area contributed by atoms with Crippen molar-refractivity contribution in [3.05, 3.63) is 36.0 Å². The molecule has 2 aromatic heterocycles. The Hall–Kier alpha value is -1.66. The summed E-state index contributed by atoms with van der Waals surface area (Å²) in [7, 11) is 2.06. The molecule has 92 valence electrons. The van der Waals surface area contributed by atoms with Crippen molar-refractivity contribution in [3.63, 3.8) is 0 Å². The summed E-state index contributed by atoms with van der Waals surface area (Å²) >= 11 is 0. The van der Waals surface area contributed by atoms with Gasteiger partial charge in [0.1, 0.15) is 0 Å². The minimum atomic E-state index is 0.435. The number of hydrogen-bond acceptors (Lipinski definition) is 5. The van der Waals surface area contributed by atoms with E-state index < -0.39 is 0 Å². The van der Waals surface area contributed by atoms with Crippen LogP contribution in [0.1, 0.15) is 11.3 Å². The molecule has 0 aliphatic rings. The molecule has 0 radical (unpaired) electrons. The second-order valence-electron chi connectivity index (χ2n) is 4.05. The summed E-state index contributed by atoms with van der Waals surface area (Å²) in [4.78, 5) is 2.20. The molecule has 0 bridgehead atoms. The van der Waals surface area contributed by atoms with E-state index in [4.69, 9.17) is 10.2 Å². The van der Waals surface area contributed by atoms with Crippen LogP contribution >= 0.6 is 0 Å². The van der Waals surface area contributed by atoms with E-state index in [1.807, 2.05) is 16.9 Å². The fraction of sp³-hybridized carbons (Fsp3) is 0.455. The first kappa shape index (κ1) is 11.8. The molecule has 0 spiro atoms. The summed E-state index contributed by atoms with van der Waals surface area (Å²) in [5, 5.41) is 7.94. The van der Waals surface area contributed by atoms with Gasteiger partial charge in [-0.25, -0.2) is 0 Å². The molecule has 2 N–H and O–H groups in total. The van der Waals surface area contributed by atoms with Gasteiger partial charge in [-0.1, -0.05) is 5.21 Å². The van der Waals surface area contributed by atoms with E-state index >= 15 is 0 Å². The van der Waals surface area contributed by atoms with Gasteiger partial charge in [0, 0.05) is 31.4 Å². The van der Waals surface area contributed by atoms with Gasteiger partial charge in [-0.15, -0.1) is 5.10 Å². The number of furan rings is 1. The summed E-state index contributed by atoms with van der Waals surface area (Å²) in [6.45, 7) is 3.01. The van der Waals surface area contributed by atoms with Crippen molar-refractivity contribution in [1.82, 2.24) is 19.9 Å². The molecule has 2 heterocycles. The zero-order valence-corrected chi connectivity index (χ0v) is 9.91. The summed E-state index contributed by atoms with van der Waals surface area (Å²) < 4.78 is 6.84. The van der Waals surface area contributed by atoms with Gasteiger partial charge in [-0.05, 0) is 13.1 Å². The lowest BCUT2D eigenvalue weighted by Crippen LogP contribution is -2.22. The Morgan fingerprint density at radius 3 is 3.06 bits per heavy atom. The van der Waals surface area contributed by atoms with Crippen LogP contribution in [-0.2, 0) is 19.6 Å². The SMILES string of the molecule is CN(CCn1cc(CN)nn1)Cc1ccoc1. The van der Waals surface area contributed by atoms with Gasteiger partial charge in [0.25, 0.3) is 0 Å². The Morgan fingerprint density at radius 2 is 2.41 bits per heavy atom. The highest BCUT2D eigenvalue weighted by atomic mass is 16.3. The maximum Gasteiger partial charge on any atom is 0.0962 e. The molecule has 0 atom stereocenters. The molecule has 6 nitrogen and oxygen atoms in total. The standard InChI is InChI=1S/C11H17N5O/c1-15(7-10-2-5-17-9-10)3-4-16-8-11(6-12)13-14-16/h2,5,8-9H,3-4,6-7,12H2,1H3. The molecule has 0 saturated heterocycles. The van der Waals surface area contributed by atoms with Crippen molar-refractivity contribution in [2.45, 2.75) is 19.6 Å². The Balaban J connectivity index is 1.77. The molecule has 2 rings (SSSR count). The number of nitrogens with two attached hydrogens (primary N) is 1. The van der Waals surface area contributed by atoms with Gasteiger partial charge in [0.15, 0.2) is 0 Å². The van der Waals surface area contributed by atoms with Crippen LogP contribution in [0.2, 0.25) is 0 Å². The maximum atomic E-state index is 5.47. The van der Waals surface area contributed by atoms with E-state index in [-0.39, 0.29) is 0 Å². The van der Waals surface area contributed by atoms with Crippen molar-refractivity contribution in [3.8, 4) is 0 Å². The Labute approximate surface area is 100 Å². The van der Waals surface area contributed by atoms with Gasteiger partial charge < -0.3 is 15.1 Å². The van der Waals surface area contributed by atoms with Crippen LogP contribution in [0.25, 0.3) is 0 Å². The highest BCUT2D eigenvalue weighted by Crippen LogP contribution is 2.03. The largest absolute Gasteiger partial charge is 0.472 e. The molecule has 0 aliphatic carbocycles. The summed E-state index contributed by atoms with van der Waals surface area (Å²) in [6.07, 6.45) is 5.33. The highest BCUT2D eigenvalue weighted by Gasteiger charge is 2.03. The monoisotopic (exact) mass is 235 g/mol. The predicted octanol–water partition coefficient (Wildman–Crippen LogP) is 0.462. The van der Waals surface area contributed by atoms with Crippen LogP contribution in [0, 0.1) is 0 Å². The zero-order valence-electron chi connectivity index (χ0n) is 9.91. The fourth-order valence-electron chi connectivity index (χ4n) is 1.59. The third-order valence-corrected chi connectivity index (χ3v) is 2.54. The number of rotatable bonds is 6. The summed E-state index contributed by atoms with van der Waals surface area (Å²) in [5.41, 5.74) is 7.47. The van der Waals surface area contributed by atoms with E-state index in [0.717, 1.165) is 25.3 Å². The van der Waals surface area contributed by atoms with Crippen molar-refractivity contribution >= 4 is 0 Å². The number of likely N-dealkylation sites (N-methyl/N-ethyl adjacent to an activating group) is 1.